The normalized spacial score (nSPS) is 13.3. The Balaban J connectivity index is 3.05. The number of thiocarbonyl (C=S) groups is 1. The third kappa shape index (κ3) is 3.78. The molecule has 0 radical (unpaired) electrons. The van der Waals surface area contributed by atoms with Crippen molar-refractivity contribution in [2.45, 2.75) is 31.1 Å². The Morgan fingerprint density at radius 1 is 1.47 bits per heavy atom. The van der Waals surface area contributed by atoms with E-state index in [-0.39, 0.29) is 11.7 Å². The number of hydrogen-bond acceptors (Lipinski definition) is 3. The fourth-order valence-electron chi connectivity index (χ4n) is 1.60. The van der Waals surface area contributed by atoms with Gasteiger partial charge in [0.1, 0.15) is 0 Å². The van der Waals surface area contributed by atoms with Gasteiger partial charge in [-0.05, 0) is 23.6 Å². The molecular weight excluding hydrogens is 254 g/mol. The van der Waals surface area contributed by atoms with Gasteiger partial charge in [-0.1, -0.05) is 38.2 Å². The summed E-state index contributed by atoms with van der Waals surface area (Å²) in [5.74, 6) is 0.250. The second kappa shape index (κ2) is 5.60. The zero-order valence-corrected chi connectivity index (χ0v) is 11.6. The van der Waals surface area contributed by atoms with Gasteiger partial charge in [0.25, 0.3) is 0 Å². The van der Waals surface area contributed by atoms with E-state index in [2.05, 4.69) is 0 Å². The van der Waals surface area contributed by atoms with Gasteiger partial charge in [0.15, 0.2) is 9.84 Å². The minimum atomic E-state index is -3.15. The van der Waals surface area contributed by atoms with E-state index in [1.165, 1.54) is 0 Å². The highest BCUT2D eigenvalue weighted by atomic mass is 32.2. The molecule has 1 rings (SSSR count). The van der Waals surface area contributed by atoms with Gasteiger partial charge in [-0.2, -0.15) is 0 Å². The van der Waals surface area contributed by atoms with Crippen LogP contribution in [0.2, 0.25) is 0 Å². The third-order valence-corrected chi connectivity index (χ3v) is 4.57. The Hall–Kier alpha value is -0.940. The third-order valence-electron chi connectivity index (χ3n) is 2.67. The maximum absolute atomic E-state index is 11.7. The Bertz CT molecular complexity index is 509. The highest BCUT2D eigenvalue weighted by molar-refractivity contribution is 7.91. The first-order valence-electron chi connectivity index (χ1n) is 5.48. The van der Waals surface area contributed by atoms with Crippen molar-refractivity contribution >= 4 is 27.0 Å². The van der Waals surface area contributed by atoms with Crippen LogP contribution in [0.25, 0.3) is 0 Å². The van der Waals surface area contributed by atoms with E-state index in [0.717, 1.165) is 5.56 Å². The summed E-state index contributed by atoms with van der Waals surface area (Å²) < 4.78 is 23.5. The smallest absolute Gasteiger partial charge is 0.178 e. The lowest BCUT2D eigenvalue weighted by atomic mass is 9.98. The quantitative estimate of drug-likeness (QED) is 0.835. The van der Waals surface area contributed by atoms with E-state index in [1.807, 2.05) is 13.0 Å². The van der Waals surface area contributed by atoms with Crippen LogP contribution in [0.5, 0.6) is 0 Å². The topological polar surface area (TPSA) is 60.2 Å². The Morgan fingerprint density at radius 2 is 2.12 bits per heavy atom. The molecular formula is C12H17NO2S2. The molecule has 0 fully saturated rings. The maximum atomic E-state index is 11.7. The number of nitrogens with two attached hydrogens (primary N) is 1. The first-order chi connectivity index (χ1) is 7.86. The molecule has 0 aliphatic carbocycles. The largest absolute Gasteiger partial charge is 0.393 e. The molecule has 17 heavy (non-hydrogen) atoms. The summed E-state index contributed by atoms with van der Waals surface area (Å²) in [6, 6.07) is 6.99. The Labute approximate surface area is 108 Å². The molecule has 0 aliphatic rings. The number of benzene rings is 1. The van der Waals surface area contributed by atoms with Crippen molar-refractivity contribution in [3.05, 3.63) is 29.8 Å². The second-order valence-electron chi connectivity index (χ2n) is 4.05. The molecule has 0 spiro atoms. The van der Waals surface area contributed by atoms with Crippen molar-refractivity contribution in [3.63, 3.8) is 0 Å². The van der Waals surface area contributed by atoms with Gasteiger partial charge in [-0.3, -0.25) is 0 Å². The van der Waals surface area contributed by atoms with E-state index in [4.69, 9.17) is 18.0 Å². The molecule has 1 atom stereocenters. The molecule has 1 unspecified atom stereocenters. The lowest BCUT2D eigenvalue weighted by Crippen LogP contribution is -2.12. The van der Waals surface area contributed by atoms with Crippen LogP contribution in [-0.4, -0.2) is 19.2 Å². The van der Waals surface area contributed by atoms with Crippen LogP contribution in [0.3, 0.4) is 0 Å². The summed E-state index contributed by atoms with van der Waals surface area (Å²) in [5.41, 5.74) is 6.45. The molecule has 94 valence electrons. The second-order valence-corrected chi connectivity index (χ2v) is 6.85. The number of hydrogen-bond donors (Lipinski definition) is 1. The van der Waals surface area contributed by atoms with Gasteiger partial charge in [0, 0.05) is 6.42 Å². The summed E-state index contributed by atoms with van der Waals surface area (Å²) in [5, 5.41) is 0. The highest BCUT2D eigenvalue weighted by Crippen LogP contribution is 2.22. The van der Waals surface area contributed by atoms with Crippen molar-refractivity contribution in [3.8, 4) is 0 Å². The summed E-state index contributed by atoms with van der Waals surface area (Å²) in [4.78, 5) is 0.813. The number of sulfone groups is 1. The van der Waals surface area contributed by atoms with Crippen molar-refractivity contribution in [1.29, 1.82) is 0 Å². The molecule has 5 heteroatoms. The van der Waals surface area contributed by atoms with E-state index in [9.17, 15) is 8.42 Å². The van der Waals surface area contributed by atoms with Crippen LogP contribution in [0.4, 0.5) is 0 Å². The van der Waals surface area contributed by atoms with Crippen molar-refractivity contribution in [1.82, 2.24) is 0 Å². The fraction of sp³-hybridized carbons (Fsp3) is 0.417. The average Bonchev–Trinajstić information content (AvgIpc) is 2.28. The molecule has 3 nitrogen and oxygen atoms in total. The van der Waals surface area contributed by atoms with E-state index >= 15 is 0 Å². The summed E-state index contributed by atoms with van der Waals surface area (Å²) in [6.07, 6.45) is 0.588. The molecule has 1 aromatic carbocycles. The van der Waals surface area contributed by atoms with Crippen molar-refractivity contribution < 1.29 is 8.42 Å². The lowest BCUT2D eigenvalue weighted by molar-refractivity contribution is 0.597. The van der Waals surface area contributed by atoms with Crippen molar-refractivity contribution in [2.75, 3.05) is 5.75 Å². The van der Waals surface area contributed by atoms with E-state index in [0.29, 0.717) is 16.3 Å². The Kier molecular flexibility index (Phi) is 4.65. The zero-order valence-electron chi connectivity index (χ0n) is 10.0. The first-order valence-corrected chi connectivity index (χ1v) is 7.54. The summed E-state index contributed by atoms with van der Waals surface area (Å²) in [6.45, 7) is 3.62. The predicted octanol–water partition coefficient (Wildman–Crippen LogP) is 2.26. The van der Waals surface area contributed by atoms with Gasteiger partial charge in [0.05, 0.1) is 15.6 Å². The van der Waals surface area contributed by atoms with Crippen LogP contribution in [-0.2, 0) is 9.84 Å². The summed E-state index contributed by atoms with van der Waals surface area (Å²) in [7, 11) is -3.15. The van der Waals surface area contributed by atoms with Crippen LogP contribution < -0.4 is 5.73 Å². The van der Waals surface area contributed by atoms with Crippen LogP contribution in [0, 0.1) is 0 Å². The molecule has 0 saturated carbocycles. The van der Waals surface area contributed by atoms with E-state index in [1.54, 1.807) is 25.1 Å². The van der Waals surface area contributed by atoms with Gasteiger partial charge in [-0.15, -0.1) is 0 Å². The predicted molar refractivity (Wildman–Crippen MR) is 74.0 cm³/mol. The Morgan fingerprint density at radius 3 is 2.65 bits per heavy atom. The molecule has 0 aliphatic heterocycles. The zero-order chi connectivity index (χ0) is 13.1. The molecule has 0 amide bonds. The highest BCUT2D eigenvalue weighted by Gasteiger charge is 2.14. The fourth-order valence-corrected chi connectivity index (χ4v) is 2.79. The SMILES string of the molecule is CCS(=O)(=O)c1cccc(C(C)CC(N)=S)c1. The van der Waals surface area contributed by atoms with Gasteiger partial charge >= 0.3 is 0 Å². The van der Waals surface area contributed by atoms with Gasteiger partial charge in [-0.25, -0.2) is 8.42 Å². The van der Waals surface area contributed by atoms with Gasteiger partial charge in [0.2, 0.25) is 0 Å². The lowest BCUT2D eigenvalue weighted by Gasteiger charge is -2.12. The minimum Gasteiger partial charge on any atom is -0.393 e. The maximum Gasteiger partial charge on any atom is 0.178 e. The van der Waals surface area contributed by atoms with Crippen molar-refractivity contribution in [2.24, 2.45) is 5.73 Å². The molecule has 1 aromatic rings. The molecule has 2 N–H and O–H groups in total. The monoisotopic (exact) mass is 271 g/mol. The molecule has 0 heterocycles. The standard InChI is InChI=1S/C12H17NO2S2/c1-3-17(14,15)11-6-4-5-10(8-11)9(2)7-12(13)16/h4-6,8-9H,3,7H2,1-2H3,(H2,13,16). The van der Waals surface area contributed by atoms with E-state index < -0.39 is 9.84 Å². The minimum absolute atomic E-state index is 0.111. The average molecular weight is 271 g/mol. The van der Waals surface area contributed by atoms with Gasteiger partial charge < -0.3 is 5.73 Å². The molecule has 0 aromatic heterocycles. The summed E-state index contributed by atoms with van der Waals surface area (Å²) >= 11 is 4.86. The van der Waals surface area contributed by atoms with Crippen LogP contribution >= 0.6 is 12.2 Å². The van der Waals surface area contributed by atoms with Crippen LogP contribution in [0.1, 0.15) is 31.7 Å². The first kappa shape index (κ1) is 14.1. The molecule has 0 bridgehead atoms. The van der Waals surface area contributed by atoms with Crippen LogP contribution in [0.15, 0.2) is 29.2 Å². The molecule has 0 saturated heterocycles. The number of rotatable bonds is 5.